The maximum absolute atomic E-state index is 5.93. The molecule has 2 nitrogen and oxygen atoms in total. The predicted molar refractivity (Wildman–Crippen MR) is 89.7 cm³/mol. The molecular formula is C15H28N2S2. The van der Waals surface area contributed by atoms with Crippen LogP contribution in [0.1, 0.15) is 51.9 Å². The lowest BCUT2D eigenvalue weighted by molar-refractivity contribution is 0.511. The Morgan fingerprint density at radius 3 is 2.84 bits per heavy atom. The van der Waals surface area contributed by atoms with Crippen LogP contribution in [0, 0.1) is 0 Å². The van der Waals surface area contributed by atoms with Gasteiger partial charge < -0.3 is 0 Å². The van der Waals surface area contributed by atoms with E-state index < -0.39 is 0 Å². The molecule has 0 aromatic rings. The minimum atomic E-state index is 0.390. The van der Waals surface area contributed by atoms with Gasteiger partial charge in [-0.25, -0.2) is 0 Å². The number of nitrogens with two attached hydrogens (primary N) is 1. The van der Waals surface area contributed by atoms with Crippen LogP contribution in [0.4, 0.5) is 0 Å². The van der Waals surface area contributed by atoms with Gasteiger partial charge in [-0.3, -0.25) is 11.3 Å². The Hall–Kier alpha value is 0.360. The van der Waals surface area contributed by atoms with Crippen molar-refractivity contribution in [2.24, 2.45) is 5.84 Å². The molecule has 0 saturated carbocycles. The molecule has 1 fully saturated rings. The molecule has 3 N–H and O–H groups in total. The van der Waals surface area contributed by atoms with Gasteiger partial charge in [0, 0.05) is 22.0 Å². The first-order valence-corrected chi connectivity index (χ1v) is 9.84. The first-order valence-electron chi connectivity index (χ1n) is 7.75. The largest absolute Gasteiger partial charge is 0.271 e. The lowest BCUT2D eigenvalue weighted by Gasteiger charge is -2.37. The van der Waals surface area contributed by atoms with Crippen LogP contribution < -0.4 is 11.3 Å². The summed E-state index contributed by atoms with van der Waals surface area (Å²) in [6.07, 6.45) is 11.7. The minimum absolute atomic E-state index is 0.390. The summed E-state index contributed by atoms with van der Waals surface area (Å²) in [4.78, 5) is 0. The van der Waals surface area contributed by atoms with Crippen molar-refractivity contribution in [2.75, 3.05) is 11.5 Å². The molecular weight excluding hydrogens is 272 g/mol. The molecule has 0 spiro atoms. The van der Waals surface area contributed by atoms with Gasteiger partial charge in [0.25, 0.3) is 0 Å². The quantitative estimate of drug-likeness (QED) is 0.471. The number of thioether (sulfide) groups is 2. The summed E-state index contributed by atoms with van der Waals surface area (Å²) in [6.45, 7) is 2.32. The van der Waals surface area contributed by atoms with Crippen molar-refractivity contribution in [3.63, 3.8) is 0 Å². The van der Waals surface area contributed by atoms with Gasteiger partial charge in [-0.2, -0.15) is 23.5 Å². The number of rotatable bonds is 4. The van der Waals surface area contributed by atoms with Crippen LogP contribution in [0.3, 0.4) is 0 Å². The molecule has 4 heteroatoms. The molecule has 19 heavy (non-hydrogen) atoms. The molecule has 3 atom stereocenters. The molecule has 1 saturated heterocycles. The second-order valence-corrected chi connectivity index (χ2v) is 8.16. The molecule has 110 valence electrons. The molecule has 1 aliphatic carbocycles. The van der Waals surface area contributed by atoms with Crippen molar-refractivity contribution in [1.29, 1.82) is 0 Å². The molecule has 3 unspecified atom stereocenters. The molecule has 0 bridgehead atoms. The van der Waals surface area contributed by atoms with Crippen LogP contribution >= 0.6 is 23.5 Å². The zero-order chi connectivity index (χ0) is 13.5. The topological polar surface area (TPSA) is 38.0 Å². The normalized spacial score (nSPS) is 31.2. The molecule has 0 radical (unpaired) electrons. The summed E-state index contributed by atoms with van der Waals surface area (Å²) in [5, 5.41) is 1.41. The highest BCUT2D eigenvalue weighted by Crippen LogP contribution is 2.37. The average molecular weight is 301 g/mol. The van der Waals surface area contributed by atoms with E-state index in [0.717, 1.165) is 5.25 Å². The van der Waals surface area contributed by atoms with E-state index in [1.54, 1.807) is 5.57 Å². The van der Waals surface area contributed by atoms with Crippen molar-refractivity contribution >= 4 is 23.5 Å². The Balaban J connectivity index is 2.07. The van der Waals surface area contributed by atoms with Gasteiger partial charge >= 0.3 is 0 Å². The van der Waals surface area contributed by atoms with E-state index in [-0.39, 0.29) is 0 Å². The van der Waals surface area contributed by atoms with E-state index in [0.29, 0.717) is 11.3 Å². The molecule has 2 rings (SSSR count). The maximum atomic E-state index is 5.93. The second-order valence-electron chi connectivity index (χ2n) is 5.53. The summed E-state index contributed by atoms with van der Waals surface area (Å²) in [5.74, 6) is 8.50. The molecule has 1 heterocycles. The molecule has 2 aliphatic rings. The van der Waals surface area contributed by atoms with Gasteiger partial charge in [-0.1, -0.05) is 31.4 Å². The van der Waals surface area contributed by atoms with Crippen molar-refractivity contribution < 1.29 is 0 Å². The fraction of sp³-hybridized carbons (Fsp3) is 0.867. The van der Waals surface area contributed by atoms with Gasteiger partial charge in [0.15, 0.2) is 0 Å². The van der Waals surface area contributed by atoms with Crippen LogP contribution in [-0.4, -0.2) is 28.0 Å². The van der Waals surface area contributed by atoms with Crippen LogP contribution in [0.5, 0.6) is 0 Å². The van der Waals surface area contributed by atoms with E-state index in [4.69, 9.17) is 5.84 Å². The maximum Gasteiger partial charge on any atom is 0.0549 e. The first-order chi connectivity index (χ1) is 9.36. The van der Waals surface area contributed by atoms with Crippen LogP contribution in [0.25, 0.3) is 0 Å². The minimum Gasteiger partial charge on any atom is -0.271 e. The van der Waals surface area contributed by atoms with Crippen molar-refractivity contribution in [3.05, 3.63) is 11.6 Å². The van der Waals surface area contributed by atoms with E-state index in [1.165, 1.54) is 56.5 Å². The van der Waals surface area contributed by atoms with Gasteiger partial charge in [0.05, 0.1) is 6.04 Å². The summed E-state index contributed by atoms with van der Waals surface area (Å²) in [5.41, 5.74) is 4.74. The van der Waals surface area contributed by atoms with E-state index in [2.05, 4.69) is 41.9 Å². The van der Waals surface area contributed by atoms with Crippen LogP contribution in [0.15, 0.2) is 11.6 Å². The van der Waals surface area contributed by atoms with Gasteiger partial charge in [0.2, 0.25) is 0 Å². The zero-order valence-corrected chi connectivity index (χ0v) is 13.7. The number of hydrazine groups is 1. The Morgan fingerprint density at radius 2 is 2.05 bits per heavy atom. The standard InChI is InChI=1S/C15H28N2S2/c1-2-13-15(19-11-10-18-13)14(17-16)12-8-6-4-3-5-7-9-12/h8,13-15,17H,2-7,9-11,16H2,1H3. The lowest BCUT2D eigenvalue weighted by atomic mass is 9.92. The summed E-state index contributed by atoms with van der Waals surface area (Å²) in [7, 11) is 0. The van der Waals surface area contributed by atoms with E-state index in [9.17, 15) is 0 Å². The number of hydrogen-bond donors (Lipinski definition) is 2. The zero-order valence-electron chi connectivity index (χ0n) is 12.1. The van der Waals surface area contributed by atoms with Crippen LogP contribution in [0.2, 0.25) is 0 Å². The van der Waals surface area contributed by atoms with Gasteiger partial charge in [-0.05, 0) is 32.1 Å². The van der Waals surface area contributed by atoms with Gasteiger partial charge in [-0.15, -0.1) is 0 Å². The highest BCUT2D eigenvalue weighted by molar-refractivity contribution is 8.07. The Bertz CT molecular complexity index is 294. The second kappa shape index (κ2) is 8.60. The summed E-state index contributed by atoms with van der Waals surface area (Å²) < 4.78 is 0. The number of hydrogen-bond acceptors (Lipinski definition) is 4. The lowest BCUT2D eigenvalue weighted by Crippen LogP contribution is -2.49. The monoisotopic (exact) mass is 300 g/mol. The molecule has 0 aromatic heterocycles. The summed E-state index contributed by atoms with van der Waals surface area (Å²) in [6, 6.07) is 0.390. The third-order valence-corrected chi connectivity index (χ3v) is 7.58. The van der Waals surface area contributed by atoms with E-state index >= 15 is 0 Å². The fourth-order valence-corrected chi connectivity index (χ4v) is 6.41. The number of nitrogens with one attached hydrogen (secondary N) is 1. The highest BCUT2D eigenvalue weighted by atomic mass is 32.2. The van der Waals surface area contributed by atoms with E-state index in [1.807, 2.05) is 0 Å². The smallest absolute Gasteiger partial charge is 0.0549 e. The predicted octanol–water partition coefficient (Wildman–Crippen LogP) is 3.73. The Labute approximate surface area is 126 Å². The Morgan fingerprint density at radius 1 is 1.26 bits per heavy atom. The van der Waals surface area contributed by atoms with Crippen molar-refractivity contribution in [3.8, 4) is 0 Å². The van der Waals surface area contributed by atoms with Gasteiger partial charge in [0.1, 0.15) is 0 Å². The fourth-order valence-electron chi connectivity index (χ4n) is 3.16. The van der Waals surface area contributed by atoms with Crippen LogP contribution in [-0.2, 0) is 0 Å². The Kier molecular flexibility index (Phi) is 7.13. The summed E-state index contributed by atoms with van der Waals surface area (Å²) >= 11 is 4.27. The van der Waals surface area contributed by atoms with Crippen molar-refractivity contribution in [1.82, 2.24) is 5.43 Å². The SMILES string of the molecule is CCC1SCCSC1C(NN)C1=CCCCCCC1. The highest BCUT2D eigenvalue weighted by Gasteiger charge is 2.33. The average Bonchev–Trinajstić information content (AvgIpc) is 2.42. The first kappa shape index (κ1) is 15.7. The molecule has 0 aromatic carbocycles. The molecule has 0 amide bonds. The third kappa shape index (κ3) is 4.42. The van der Waals surface area contributed by atoms with Crippen molar-refractivity contribution in [2.45, 2.75) is 68.4 Å². The third-order valence-electron chi connectivity index (χ3n) is 4.23. The number of allylic oxidation sites excluding steroid dienone is 1. The molecule has 1 aliphatic heterocycles.